The first-order valence-corrected chi connectivity index (χ1v) is 14.9. The molecule has 3 heterocycles. The fourth-order valence-electron chi connectivity index (χ4n) is 5.56. The van der Waals surface area contributed by atoms with Crippen molar-refractivity contribution in [2.24, 2.45) is 5.73 Å². The highest BCUT2D eigenvalue weighted by molar-refractivity contribution is 6.06. The number of likely N-dealkylation sites (tertiary alicyclic amines) is 1. The maximum atomic E-state index is 13.0. The van der Waals surface area contributed by atoms with Gasteiger partial charge in [0.15, 0.2) is 0 Å². The van der Waals surface area contributed by atoms with Gasteiger partial charge in [0.2, 0.25) is 17.7 Å². The third kappa shape index (κ3) is 8.28. The highest BCUT2D eigenvalue weighted by Gasteiger charge is 2.40. The van der Waals surface area contributed by atoms with Gasteiger partial charge in [-0.25, -0.2) is 4.79 Å². The molecule has 3 aliphatic heterocycles. The molecule has 230 valence electrons. The molecule has 0 spiro atoms. The molecule has 0 bridgehead atoms. The van der Waals surface area contributed by atoms with Crippen molar-refractivity contribution in [1.82, 2.24) is 20.0 Å². The molecule has 5 amide bonds. The quantitative estimate of drug-likeness (QED) is 0.279. The summed E-state index contributed by atoms with van der Waals surface area (Å²) in [6.07, 6.45) is 3.46. The van der Waals surface area contributed by atoms with E-state index in [9.17, 15) is 24.0 Å². The highest BCUT2D eigenvalue weighted by atomic mass is 16.6. The van der Waals surface area contributed by atoms with Crippen LogP contribution in [0.25, 0.3) is 0 Å². The molecule has 1 unspecified atom stereocenters. The number of amides is 5. The lowest BCUT2D eigenvalue weighted by Gasteiger charge is -2.33. The van der Waals surface area contributed by atoms with Crippen LogP contribution >= 0.6 is 0 Å². The van der Waals surface area contributed by atoms with Gasteiger partial charge >= 0.3 is 6.09 Å². The lowest BCUT2D eigenvalue weighted by atomic mass is 10.0. The number of nitrogens with two attached hydrogens (primary N) is 1. The maximum Gasteiger partial charge on any atom is 0.410 e. The number of rotatable bonds is 10. The molecule has 2 fully saturated rings. The summed E-state index contributed by atoms with van der Waals surface area (Å²) in [5.74, 6) is -1.29. The maximum absolute atomic E-state index is 13.0. The van der Waals surface area contributed by atoms with Crippen molar-refractivity contribution < 1.29 is 28.7 Å². The van der Waals surface area contributed by atoms with Gasteiger partial charge in [-0.2, -0.15) is 0 Å². The van der Waals surface area contributed by atoms with E-state index in [1.54, 1.807) is 23.1 Å². The number of fused-ring (bicyclic) bond motifs is 1. The Bertz CT molecular complexity index is 1190. The number of nitrogens with one attached hydrogen (secondary N) is 2. The van der Waals surface area contributed by atoms with Crippen molar-refractivity contribution in [3.8, 4) is 0 Å². The van der Waals surface area contributed by atoms with Gasteiger partial charge < -0.3 is 30.5 Å². The predicted octanol–water partition coefficient (Wildman–Crippen LogP) is 2.22. The van der Waals surface area contributed by atoms with Crippen molar-refractivity contribution in [3.05, 3.63) is 29.3 Å². The van der Waals surface area contributed by atoms with Crippen LogP contribution < -0.4 is 16.4 Å². The fourth-order valence-corrected chi connectivity index (χ4v) is 5.56. The Balaban J connectivity index is 1.28. The number of hydrogen-bond donors (Lipinski definition) is 3. The number of nitrogens with zero attached hydrogens (tertiary/aromatic N) is 3. The van der Waals surface area contributed by atoms with Crippen LogP contribution in [-0.2, 0) is 25.7 Å². The summed E-state index contributed by atoms with van der Waals surface area (Å²) in [7, 11) is 0. The Kier molecular flexibility index (Phi) is 10.2. The molecule has 4 rings (SSSR count). The third-order valence-corrected chi connectivity index (χ3v) is 7.91. The van der Waals surface area contributed by atoms with Crippen molar-refractivity contribution >= 4 is 35.4 Å². The Morgan fingerprint density at radius 3 is 2.52 bits per heavy atom. The summed E-state index contributed by atoms with van der Waals surface area (Å²) in [5, 5.41) is 5.22. The van der Waals surface area contributed by atoms with E-state index in [-0.39, 0.29) is 55.7 Å². The third-order valence-electron chi connectivity index (χ3n) is 7.91. The molecule has 1 atom stereocenters. The number of unbranched alkanes of at least 4 members (excludes halogenated alkanes) is 1. The second-order valence-corrected chi connectivity index (χ2v) is 12.4. The van der Waals surface area contributed by atoms with Crippen LogP contribution in [0.5, 0.6) is 0 Å². The zero-order valence-electron chi connectivity index (χ0n) is 24.9. The average Bonchev–Trinajstić information content (AvgIpc) is 3.25. The van der Waals surface area contributed by atoms with Gasteiger partial charge in [0.1, 0.15) is 11.6 Å². The van der Waals surface area contributed by atoms with E-state index in [0.29, 0.717) is 42.7 Å². The van der Waals surface area contributed by atoms with E-state index in [4.69, 9.17) is 10.5 Å². The molecular weight excluding hydrogens is 540 g/mol. The molecule has 4 N–H and O–H groups in total. The number of anilines is 1. The van der Waals surface area contributed by atoms with Gasteiger partial charge in [-0.1, -0.05) is 6.07 Å². The van der Waals surface area contributed by atoms with Crippen LogP contribution in [0.4, 0.5) is 10.5 Å². The van der Waals surface area contributed by atoms with E-state index in [1.807, 2.05) is 20.8 Å². The normalized spacial score (nSPS) is 19.9. The lowest BCUT2D eigenvalue weighted by Crippen LogP contribution is -2.52. The monoisotopic (exact) mass is 584 g/mol. The number of ether oxygens (including phenoxy) is 1. The second-order valence-electron chi connectivity index (χ2n) is 12.4. The van der Waals surface area contributed by atoms with Gasteiger partial charge in [-0.3, -0.25) is 24.5 Å². The van der Waals surface area contributed by atoms with Crippen molar-refractivity contribution in [1.29, 1.82) is 0 Å². The van der Waals surface area contributed by atoms with Gasteiger partial charge in [0.25, 0.3) is 5.91 Å². The van der Waals surface area contributed by atoms with E-state index in [0.717, 1.165) is 32.5 Å². The average molecular weight is 585 g/mol. The zero-order chi connectivity index (χ0) is 30.4. The van der Waals surface area contributed by atoms with Gasteiger partial charge in [-0.05, 0) is 78.1 Å². The number of carbonyl (C=O) groups is 5. The van der Waals surface area contributed by atoms with E-state index in [2.05, 4.69) is 15.5 Å². The summed E-state index contributed by atoms with van der Waals surface area (Å²) in [6, 6.07) is 4.66. The lowest BCUT2D eigenvalue weighted by molar-refractivity contribution is -0.137. The van der Waals surface area contributed by atoms with Crippen LogP contribution in [0.2, 0.25) is 0 Å². The summed E-state index contributed by atoms with van der Waals surface area (Å²) < 4.78 is 5.63. The van der Waals surface area contributed by atoms with E-state index in [1.165, 1.54) is 4.90 Å². The van der Waals surface area contributed by atoms with Crippen LogP contribution in [-0.4, -0.2) is 94.8 Å². The molecule has 3 aliphatic rings. The standard InChI is InChI=1S/C30H44N6O6/c1-30(2,3)42-29(41)35(18-17-34-15-12-20(31)13-16-34)14-5-4-9-25(37)32-23-8-6-7-21-22(23)19-36(28(21)40)24-10-11-26(38)33-27(24)39/h6-8,20,24H,4-5,9-19,31H2,1-3H3,(H,32,37)(H,33,38,39). The molecule has 1 aromatic carbocycles. The molecule has 1 aromatic rings. The minimum atomic E-state index is -0.716. The minimum absolute atomic E-state index is 0.179. The zero-order valence-corrected chi connectivity index (χ0v) is 24.9. The molecule has 12 heteroatoms. The number of imide groups is 1. The van der Waals surface area contributed by atoms with E-state index < -0.39 is 17.6 Å². The SMILES string of the molecule is CC(C)(C)OC(=O)N(CCCCC(=O)Nc1cccc2c1CN(C1CCC(=O)NC1=O)C2=O)CCN1CCC(N)CC1. The minimum Gasteiger partial charge on any atom is -0.444 e. The second kappa shape index (κ2) is 13.6. The van der Waals surface area contributed by atoms with Crippen molar-refractivity contribution in [2.45, 2.75) is 89.9 Å². The first-order chi connectivity index (χ1) is 19.9. The molecule has 0 aliphatic carbocycles. The fraction of sp³-hybridized carbons (Fsp3) is 0.633. The predicted molar refractivity (Wildman–Crippen MR) is 156 cm³/mol. The number of piperidine rings is 2. The molecule has 0 radical (unpaired) electrons. The number of benzene rings is 1. The van der Waals surface area contributed by atoms with Crippen molar-refractivity contribution in [3.63, 3.8) is 0 Å². The Labute approximate surface area is 247 Å². The Morgan fingerprint density at radius 1 is 1.10 bits per heavy atom. The van der Waals surface area contributed by atoms with Crippen LogP contribution in [0.15, 0.2) is 18.2 Å². The van der Waals surface area contributed by atoms with Gasteiger partial charge in [0, 0.05) is 61.9 Å². The number of hydrogen-bond acceptors (Lipinski definition) is 8. The molecule has 12 nitrogen and oxygen atoms in total. The smallest absolute Gasteiger partial charge is 0.410 e. The van der Waals surface area contributed by atoms with Crippen LogP contribution in [0.3, 0.4) is 0 Å². The molecule has 0 saturated carbocycles. The first kappa shape index (κ1) is 31.4. The summed E-state index contributed by atoms with van der Waals surface area (Å²) in [4.78, 5) is 68.2. The highest BCUT2D eigenvalue weighted by Crippen LogP contribution is 2.32. The summed E-state index contributed by atoms with van der Waals surface area (Å²) in [6.45, 7) is 9.33. The topological polar surface area (TPSA) is 154 Å². The van der Waals surface area contributed by atoms with Crippen LogP contribution in [0, 0.1) is 0 Å². The molecule has 42 heavy (non-hydrogen) atoms. The Morgan fingerprint density at radius 2 is 1.83 bits per heavy atom. The van der Waals surface area contributed by atoms with E-state index >= 15 is 0 Å². The van der Waals surface area contributed by atoms with Gasteiger partial charge in [0.05, 0.1) is 0 Å². The molecule has 2 saturated heterocycles. The number of carbonyl (C=O) groups excluding carboxylic acids is 5. The van der Waals surface area contributed by atoms with Gasteiger partial charge in [-0.15, -0.1) is 0 Å². The van der Waals surface area contributed by atoms with Crippen LogP contribution in [0.1, 0.15) is 81.6 Å². The summed E-state index contributed by atoms with van der Waals surface area (Å²) in [5.41, 5.74) is 7.07. The largest absolute Gasteiger partial charge is 0.444 e. The van der Waals surface area contributed by atoms with Crippen molar-refractivity contribution in [2.75, 3.05) is 38.0 Å². The molecule has 0 aromatic heterocycles. The first-order valence-electron chi connectivity index (χ1n) is 14.9. The Hall–Kier alpha value is -3.51. The summed E-state index contributed by atoms with van der Waals surface area (Å²) >= 11 is 0. The molecular formula is C30H44N6O6.